The van der Waals surface area contributed by atoms with Gasteiger partial charge in [-0.1, -0.05) is 19.1 Å². The van der Waals surface area contributed by atoms with Crippen LogP contribution < -0.4 is 0 Å². The summed E-state index contributed by atoms with van der Waals surface area (Å²) in [5.41, 5.74) is 1.41. The van der Waals surface area contributed by atoms with Crippen molar-refractivity contribution in [3.8, 4) is 6.07 Å². The highest BCUT2D eigenvalue weighted by molar-refractivity contribution is 5.91. The first-order valence-corrected chi connectivity index (χ1v) is 9.89. The zero-order valence-electron chi connectivity index (χ0n) is 14.8. The zero-order valence-corrected chi connectivity index (χ0v) is 14.8. The molecule has 126 valence electrons. The Morgan fingerprint density at radius 1 is 1.33 bits per heavy atom. The van der Waals surface area contributed by atoms with E-state index in [0.717, 1.165) is 25.2 Å². The van der Waals surface area contributed by atoms with Crippen molar-refractivity contribution in [1.29, 1.82) is 5.26 Å². The molecule has 3 fully saturated rings. The lowest BCUT2D eigenvalue weighted by Gasteiger charge is -2.56. The van der Waals surface area contributed by atoms with E-state index in [2.05, 4.69) is 32.1 Å². The van der Waals surface area contributed by atoms with Gasteiger partial charge in [-0.25, -0.2) is 0 Å². The largest absolute Gasteiger partial charge is 0.295 e. The first-order valence-electron chi connectivity index (χ1n) is 9.89. The minimum atomic E-state index is -0.117. The number of carbonyl (C=O) groups is 1. The van der Waals surface area contributed by atoms with Gasteiger partial charge in [-0.05, 0) is 91.6 Å². The number of ketones is 1. The van der Waals surface area contributed by atoms with Crippen LogP contribution in [0.5, 0.6) is 0 Å². The van der Waals surface area contributed by atoms with Gasteiger partial charge in [0.2, 0.25) is 0 Å². The van der Waals surface area contributed by atoms with Crippen molar-refractivity contribution < 1.29 is 4.79 Å². The molecule has 5 aliphatic carbocycles. The maximum absolute atomic E-state index is 11.8. The molecule has 0 bridgehead atoms. The molecule has 0 aromatic rings. The van der Waals surface area contributed by atoms with E-state index in [1.807, 2.05) is 6.08 Å². The molecule has 5 aliphatic rings. The van der Waals surface area contributed by atoms with Crippen molar-refractivity contribution in [2.24, 2.45) is 46.3 Å². The standard InChI is InChI=1S/C22H27NO/c1-3-22-9-8-16-15-7-5-14(24)10-13(15)4-6-17(16)20(22)18-11-19(18)21(22,2)12-23/h4,6,10,15-20H,3,5,7-9,11H2,1-2H3/t15-,16+,17+,18+,19-,20+,21-,22-/m0/s1. The summed E-state index contributed by atoms with van der Waals surface area (Å²) in [6.07, 6.45) is 13.3. The average molecular weight is 321 g/mol. The molecule has 2 nitrogen and oxygen atoms in total. The molecular weight excluding hydrogens is 294 g/mol. The van der Waals surface area contributed by atoms with Crippen LogP contribution in [0.25, 0.3) is 0 Å². The summed E-state index contributed by atoms with van der Waals surface area (Å²) in [7, 11) is 0. The van der Waals surface area contributed by atoms with Crippen LogP contribution in [-0.4, -0.2) is 5.78 Å². The van der Waals surface area contributed by atoms with Crippen LogP contribution >= 0.6 is 0 Å². The topological polar surface area (TPSA) is 40.9 Å². The van der Waals surface area contributed by atoms with Gasteiger partial charge >= 0.3 is 0 Å². The molecule has 0 unspecified atom stereocenters. The van der Waals surface area contributed by atoms with Gasteiger partial charge in [0, 0.05) is 6.42 Å². The van der Waals surface area contributed by atoms with E-state index in [1.165, 1.54) is 24.8 Å². The fraction of sp³-hybridized carbons (Fsp3) is 0.727. The Morgan fingerprint density at radius 3 is 2.92 bits per heavy atom. The zero-order chi connectivity index (χ0) is 16.7. The van der Waals surface area contributed by atoms with Crippen molar-refractivity contribution in [3.63, 3.8) is 0 Å². The van der Waals surface area contributed by atoms with Crippen LogP contribution in [0, 0.1) is 57.7 Å². The Kier molecular flexibility index (Phi) is 2.88. The molecule has 0 aromatic carbocycles. The highest BCUT2D eigenvalue weighted by Gasteiger charge is 2.75. The summed E-state index contributed by atoms with van der Waals surface area (Å²) in [6.45, 7) is 4.60. The second-order valence-corrected chi connectivity index (χ2v) is 9.25. The second-order valence-electron chi connectivity index (χ2n) is 9.25. The Morgan fingerprint density at radius 2 is 2.17 bits per heavy atom. The van der Waals surface area contributed by atoms with Gasteiger partial charge in [0.1, 0.15) is 0 Å². The summed E-state index contributed by atoms with van der Waals surface area (Å²) < 4.78 is 0. The molecule has 0 spiro atoms. The van der Waals surface area contributed by atoms with Crippen molar-refractivity contribution in [2.45, 2.75) is 52.4 Å². The smallest absolute Gasteiger partial charge is 0.155 e. The molecule has 2 heteroatoms. The van der Waals surface area contributed by atoms with Crippen molar-refractivity contribution in [1.82, 2.24) is 0 Å². The van der Waals surface area contributed by atoms with Crippen molar-refractivity contribution in [3.05, 3.63) is 23.8 Å². The molecule has 0 N–H and O–H groups in total. The number of rotatable bonds is 1. The monoisotopic (exact) mass is 321 g/mol. The first kappa shape index (κ1) is 14.9. The third-order valence-electron chi connectivity index (χ3n) is 8.90. The molecule has 3 saturated carbocycles. The van der Waals surface area contributed by atoms with Crippen LogP contribution in [0.15, 0.2) is 23.8 Å². The Labute approximate surface area is 145 Å². The molecule has 0 aliphatic heterocycles. The fourth-order valence-corrected chi connectivity index (χ4v) is 7.75. The van der Waals surface area contributed by atoms with Gasteiger partial charge in [0.05, 0.1) is 11.5 Å². The second kappa shape index (κ2) is 4.63. The summed E-state index contributed by atoms with van der Waals surface area (Å²) in [6, 6.07) is 2.80. The lowest BCUT2D eigenvalue weighted by molar-refractivity contribution is -0.115. The predicted octanol–water partition coefficient (Wildman–Crippen LogP) is 4.68. The molecule has 0 saturated heterocycles. The number of nitriles is 1. The van der Waals surface area contributed by atoms with Gasteiger partial charge < -0.3 is 0 Å². The molecule has 0 heterocycles. The first-order chi connectivity index (χ1) is 11.6. The van der Waals surface area contributed by atoms with Crippen LogP contribution in [0.3, 0.4) is 0 Å². The van der Waals surface area contributed by atoms with E-state index >= 15 is 0 Å². The Bertz CT molecular complexity index is 712. The summed E-state index contributed by atoms with van der Waals surface area (Å²) in [5.74, 6) is 4.38. The number of carbonyl (C=O) groups excluding carboxylic acids is 1. The summed E-state index contributed by atoms with van der Waals surface area (Å²) in [5, 5.41) is 10.1. The highest BCUT2D eigenvalue weighted by Crippen LogP contribution is 2.79. The molecule has 0 amide bonds. The van der Waals surface area contributed by atoms with E-state index < -0.39 is 0 Å². The lowest BCUT2D eigenvalue weighted by Crippen LogP contribution is -2.51. The number of fused-ring (bicyclic) bond motifs is 7. The number of hydrogen-bond donors (Lipinski definition) is 0. The molecule has 0 radical (unpaired) electrons. The maximum Gasteiger partial charge on any atom is 0.155 e. The van der Waals surface area contributed by atoms with Gasteiger partial charge in [0.25, 0.3) is 0 Å². The average Bonchev–Trinajstić information content (AvgIpc) is 3.36. The van der Waals surface area contributed by atoms with Gasteiger partial charge in [-0.2, -0.15) is 5.26 Å². The van der Waals surface area contributed by atoms with Gasteiger partial charge in [-0.3, -0.25) is 4.79 Å². The quantitative estimate of drug-likeness (QED) is 0.703. The number of allylic oxidation sites excluding steroid dienone is 4. The van der Waals surface area contributed by atoms with E-state index in [0.29, 0.717) is 35.4 Å². The van der Waals surface area contributed by atoms with Crippen LogP contribution in [0.1, 0.15) is 52.4 Å². The number of nitrogens with zero attached hydrogens (tertiary/aromatic N) is 1. The fourth-order valence-electron chi connectivity index (χ4n) is 7.75. The third kappa shape index (κ3) is 1.55. The van der Waals surface area contributed by atoms with Crippen LogP contribution in [-0.2, 0) is 4.79 Å². The molecule has 24 heavy (non-hydrogen) atoms. The highest BCUT2D eigenvalue weighted by atomic mass is 16.1. The lowest BCUT2D eigenvalue weighted by atomic mass is 9.47. The third-order valence-corrected chi connectivity index (χ3v) is 8.90. The van der Waals surface area contributed by atoms with E-state index in [-0.39, 0.29) is 10.8 Å². The number of hydrogen-bond acceptors (Lipinski definition) is 2. The minimum absolute atomic E-state index is 0.117. The minimum Gasteiger partial charge on any atom is -0.295 e. The molecule has 0 aromatic heterocycles. The van der Waals surface area contributed by atoms with E-state index in [4.69, 9.17) is 0 Å². The SMILES string of the molecule is CC[C@]12CC[C@H]3[C@@H](C=CC4=CC(=O)CC[C@@H]43)[C@@H]1[C@@H]1C[C@@H]1[C@]2(C)C#N. The Hall–Kier alpha value is -1.36. The summed E-state index contributed by atoms with van der Waals surface area (Å²) >= 11 is 0. The maximum atomic E-state index is 11.8. The van der Waals surface area contributed by atoms with Crippen molar-refractivity contribution >= 4 is 5.78 Å². The Balaban J connectivity index is 1.58. The normalized spacial score (nSPS) is 54.0. The summed E-state index contributed by atoms with van der Waals surface area (Å²) in [4.78, 5) is 11.8. The van der Waals surface area contributed by atoms with Crippen molar-refractivity contribution in [2.75, 3.05) is 0 Å². The van der Waals surface area contributed by atoms with Gasteiger partial charge in [-0.15, -0.1) is 0 Å². The molecule has 8 atom stereocenters. The van der Waals surface area contributed by atoms with E-state index in [9.17, 15) is 10.1 Å². The van der Waals surface area contributed by atoms with Crippen LogP contribution in [0.4, 0.5) is 0 Å². The van der Waals surface area contributed by atoms with E-state index in [1.54, 1.807) is 0 Å². The molecule has 5 rings (SSSR count). The van der Waals surface area contributed by atoms with Gasteiger partial charge in [0.15, 0.2) is 5.78 Å². The predicted molar refractivity (Wildman–Crippen MR) is 92.7 cm³/mol. The van der Waals surface area contributed by atoms with Crippen LogP contribution in [0.2, 0.25) is 0 Å². The molecular formula is C22H27NO.